The van der Waals surface area contributed by atoms with Crippen molar-refractivity contribution in [2.45, 2.75) is 22.6 Å². The lowest BCUT2D eigenvalue weighted by atomic mass is 10.2. The molecule has 148 valence electrons. The van der Waals surface area contributed by atoms with Crippen molar-refractivity contribution in [3.05, 3.63) is 54.1 Å². The summed E-state index contributed by atoms with van der Waals surface area (Å²) in [6.07, 6.45) is -4.60. The van der Waals surface area contributed by atoms with Crippen LogP contribution in [-0.4, -0.2) is 29.7 Å². The maximum absolute atomic E-state index is 12.1. The summed E-state index contributed by atoms with van der Waals surface area (Å²) in [6.45, 7) is -0.00213. The van der Waals surface area contributed by atoms with Crippen molar-refractivity contribution in [3.8, 4) is 5.75 Å². The van der Waals surface area contributed by atoms with Gasteiger partial charge in [0.1, 0.15) is 5.75 Å². The zero-order valence-corrected chi connectivity index (χ0v) is 15.2. The van der Waals surface area contributed by atoms with Crippen molar-refractivity contribution in [1.82, 2.24) is 4.72 Å². The minimum absolute atomic E-state index is 0.00213. The largest absolute Gasteiger partial charge is 0.573 e. The molecule has 0 radical (unpaired) electrons. The molecule has 2 aromatic rings. The third-order valence-corrected chi connectivity index (χ3v) is 5.73. The molecule has 3 N–H and O–H groups in total. The van der Waals surface area contributed by atoms with Crippen LogP contribution in [0.15, 0.2) is 58.3 Å². The number of benzene rings is 2. The molecule has 12 heteroatoms. The Labute approximate surface area is 154 Å². The number of hydrogen-bond acceptors (Lipinski definition) is 5. The number of primary sulfonamides is 1. The van der Waals surface area contributed by atoms with Crippen molar-refractivity contribution < 1.29 is 34.7 Å². The molecule has 0 fully saturated rings. The first kappa shape index (κ1) is 21.2. The highest BCUT2D eigenvalue weighted by Gasteiger charge is 2.31. The van der Waals surface area contributed by atoms with Gasteiger partial charge in [0.15, 0.2) is 0 Å². The summed E-state index contributed by atoms with van der Waals surface area (Å²) in [5, 5.41) is 4.98. The van der Waals surface area contributed by atoms with E-state index in [0.717, 1.165) is 24.3 Å². The maximum atomic E-state index is 12.1. The van der Waals surface area contributed by atoms with E-state index in [1.54, 1.807) is 0 Å². The second-order valence-electron chi connectivity index (χ2n) is 5.36. The summed E-state index contributed by atoms with van der Waals surface area (Å²) >= 11 is 0. The third kappa shape index (κ3) is 6.50. The molecule has 0 saturated carbocycles. The van der Waals surface area contributed by atoms with Crippen molar-refractivity contribution in [3.63, 3.8) is 0 Å². The molecule has 0 aliphatic heterocycles. The minimum atomic E-state index is -4.86. The van der Waals surface area contributed by atoms with E-state index in [4.69, 9.17) is 5.14 Å². The molecule has 0 saturated heterocycles. The monoisotopic (exact) mass is 424 g/mol. The predicted molar refractivity (Wildman–Crippen MR) is 89.8 cm³/mol. The first-order valence-corrected chi connectivity index (χ1v) is 10.4. The summed E-state index contributed by atoms with van der Waals surface area (Å²) in [5.74, 6) is -0.531. The molecule has 0 aliphatic rings. The lowest BCUT2D eigenvalue weighted by Gasteiger charge is -2.10. The average Bonchev–Trinajstić information content (AvgIpc) is 2.53. The molecule has 0 spiro atoms. The summed E-state index contributed by atoms with van der Waals surface area (Å²) in [6, 6.07) is 9.38. The number of ether oxygens (including phenoxy) is 1. The van der Waals surface area contributed by atoms with Crippen molar-refractivity contribution >= 4 is 20.0 Å². The highest BCUT2D eigenvalue weighted by atomic mass is 32.2. The van der Waals surface area contributed by atoms with E-state index < -0.39 is 32.2 Å². The van der Waals surface area contributed by atoms with E-state index in [9.17, 15) is 30.0 Å². The first-order chi connectivity index (χ1) is 12.4. The summed E-state index contributed by atoms with van der Waals surface area (Å²) < 4.78 is 88.9. The Kier molecular flexibility index (Phi) is 6.14. The maximum Gasteiger partial charge on any atom is 0.573 e. The molecule has 0 aromatic heterocycles. The summed E-state index contributed by atoms with van der Waals surface area (Å²) in [7, 11) is -7.73. The van der Waals surface area contributed by atoms with E-state index in [1.807, 2.05) is 0 Å². The molecular weight excluding hydrogens is 409 g/mol. The molecule has 0 amide bonds. The van der Waals surface area contributed by atoms with Gasteiger partial charge in [0.2, 0.25) is 20.0 Å². The van der Waals surface area contributed by atoms with Gasteiger partial charge in [0, 0.05) is 6.54 Å². The van der Waals surface area contributed by atoms with Crippen molar-refractivity contribution in [2.24, 2.45) is 5.14 Å². The Morgan fingerprint density at radius 3 is 1.89 bits per heavy atom. The molecule has 0 aliphatic carbocycles. The number of rotatable bonds is 7. The Morgan fingerprint density at radius 1 is 0.889 bits per heavy atom. The molecule has 0 heterocycles. The van der Waals surface area contributed by atoms with Crippen LogP contribution in [0, 0.1) is 0 Å². The van der Waals surface area contributed by atoms with E-state index in [1.165, 1.54) is 24.3 Å². The SMILES string of the molecule is NS(=O)(=O)c1ccc(CCNS(=O)(=O)c2ccc(OC(F)(F)F)cc2)cc1. The first-order valence-electron chi connectivity index (χ1n) is 7.34. The van der Waals surface area contributed by atoms with Gasteiger partial charge < -0.3 is 4.74 Å². The highest BCUT2D eigenvalue weighted by Crippen LogP contribution is 2.23. The van der Waals surface area contributed by atoms with Crippen LogP contribution >= 0.6 is 0 Å². The standard InChI is InChI=1S/C15H15F3N2O5S2/c16-15(17,18)25-12-3-7-14(8-4-12)27(23,24)20-10-9-11-1-5-13(6-2-11)26(19,21)22/h1-8,20H,9-10H2,(H2,19,21,22). The molecule has 7 nitrogen and oxygen atoms in total. The zero-order valence-electron chi connectivity index (χ0n) is 13.6. The van der Waals surface area contributed by atoms with Gasteiger partial charge >= 0.3 is 6.36 Å². The Bertz CT molecular complexity index is 987. The quantitative estimate of drug-likeness (QED) is 0.703. The minimum Gasteiger partial charge on any atom is -0.406 e. The zero-order chi connectivity index (χ0) is 20.3. The fourth-order valence-corrected chi connectivity index (χ4v) is 3.63. The number of nitrogens with two attached hydrogens (primary N) is 1. The molecular formula is C15H15F3N2O5S2. The number of hydrogen-bond donors (Lipinski definition) is 2. The Balaban J connectivity index is 1.96. The summed E-state index contributed by atoms with van der Waals surface area (Å²) in [4.78, 5) is -0.283. The van der Waals surface area contributed by atoms with Crippen LogP contribution in [0.3, 0.4) is 0 Å². The van der Waals surface area contributed by atoms with Gasteiger partial charge in [0.05, 0.1) is 9.79 Å². The highest BCUT2D eigenvalue weighted by molar-refractivity contribution is 7.89. The fourth-order valence-electron chi connectivity index (χ4n) is 2.08. The van der Waals surface area contributed by atoms with E-state index in [-0.39, 0.29) is 22.8 Å². The fraction of sp³-hybridized carbons (Fsp3) is 0.200. The van der Waals surface area contributed by atoms with Gasteiger partial charge in [-0.1, -0.05) is 12.1 Å². The molecule has 0 unspecified atom stereocenters. The second kappa shape index (κ2) is 7.84. The Morgan fingerprint density at radius 2 is 1.41 bits per heavy atom. The van der Waals surface area contributed by atoms with Gasteiger partial charge in [0.25, 0.3) is 0 Å². The molecule has 2 aromatic carbocycles. The predicted octanol–water partition coefficient (Wildman–Crippen LogP) is 1.75. The second-order valence-corrected chi connectivity index (χ2v) is 8.68. The topological polar surface area (TPSA) is 116 Å². The van der Waals surface area contributed by atoms with Gasteiger partial charge in [-0.05, 0) is 48.4 Å². The van der Waals surface area contributed by atoms with Gasteiger partial charge in [-0.3, -0.25) is 0 Å². The van der Waals surface area contributed by atoms with Crippen LogP contribution in [0.5, 0.6) is 5.75 Å². The van der Waals surface area contributed by atoms with Crippen molar-refractivity contribution in [1.29, 1.82) is 0 Å². The van der Waals surface area contributed by atoms with Crippen LogP contribution in [0.25, 0.3) is 0 Å². The lowest BCUT2D eigenvalue weighted by Crippen LogP contribution is -2.26. The summed E-state index contributed by atoms with van der Waals surface area (Å²) in [5.41, 5.74) is 0.666. The molecule has 2 rings (SSSR count). The molecule has 0 bridgehead atoms. The molecule has 0 atom stereocenters. The number of halogens is 3. The lowest BCUT2D eigenvalue weighted by molar-refractivity contribution is -0.274. The third-order valence-electron chi connectivity index (χ3n) is 3.33. The van der Waals surface area contributed by atoms with E-state index >= 15 is 0 Å². The van der Waals surface area contributed by atoms with Crippen LogP contribution < -0.4 is 14.6 Å². The van der Waals surface area contributed by atoms with Crippen LogP contribution in [0.1, 0.15) is 5.56 Å². The number of nitrogens with one attached hydrogen (secondary N) is 1. The van der Waals surface area contributed by atoms with Crippen LogP contribution in [-0.2, 0) is 26.5 Å². The average molecular weight is 424 g/mol. The van der Waals surface area contributed by atoms with Gasteiger partial charge in [-0.2, -0.15) is 0 Å². The molecule has 27 heavy (non-hydrogen) atoms. The number of alkyl halides is 3. The number of sulfonamides is 2. The van der Waals surface area contributed by atoms with Crippen LogP contribution in [0.2, 0.25) is 0 Å². The van der Waals surface area contributed by atoms with E-state index in [0.29, 0.717) is 5.56 Å². The van der Waals surface area contributed by atoms with Gasteiger partial charge in [-0.25, -0.2) is 26.7 Å². The normalized spacial score (nSPS) is 12.7. The smallest absolute Gasteiger partial charge is 0.406 e. The van der Waals surface area contributed by atoms with Crippen LogP contribution in [0.4, 0.5) is 13.2 Å². The van der Waals surface area contributed by atoms with Crippen molar-refractivity contribution in [2.75, 3.05) is 6.54 Å². The van der Waals surface area contributed by atoms with E-state index in [2.05, 4.69) is 9.46 Å². The van der Waals surface area contributed by atoms with Gasteiger partial charge in [-0.15, -0.1) is 13.2 Å². The Hall–Kier alpha value is -2.15.